The Balaban J connectivity index is 2.90. The van der Waals surface area contributed by atoms with E-state index >= 15 is 0 Å². The van der Waals surface area contributed by atoms with Crippen LogP contribution in [0.3, 0.4) is 0 Å². The minimum atomic E-state index is 0.439. The first-order valence-electron chi connectivity index (χ1n) is 5.07. The Kier molecular flexibility index (Phi) is 5.24. The number of nitrogens with zero attached hydrogens (tertiary/aromatic N) is 2. The lowest BCUT2D eigenvalue weighted by atomic mass is 10.2. The zero-order valence-corrected chi connectivity index (χ0v) is 11.2. The van der Waals surface area contributed by atoms with Crippen LogP contribution in [0.2, 0.25) is 0 Å². The highest BCUT2D eigenvalue weighted by Gasteiger charge is 2.08. The Morgan fingerprint density at radius 2 is 2.07 bits per heavy atom. The van der Waals surface area contributed by atoms with Crippen LogP contribution in [0.15, 0.2) is 0 Å². The predicted octanol–water partition coefficient (Wildman–Crippen LogP) is 2.15. The van der Waals surface area contributed by atoms with E-state index in [1.165, 1.54) is 0 Å². The van der Waals surface area contributed by atoms with Crippen molar-refractivity contribution in [2.75, 3.05) is 12.3 Å². The van der Waals surface area contributed by atoms with E-state index in [-0.39, 0.29) is 0 Å². The summed E-state index contributed by atoms with van der Waals surface area (Å²) in [6.07, 6.45) is 1.99. The van der Waals surface area contributed by atoms with Gasteiger partial charge >= 0.3 is 0 Å². The summed E-state index contributed by atoms with van der Waals surface area (Å²) in [4.78, 5) is 8.62. The lowest BCUT2D eigenvalue weighted by molar-refractivity contribution is 0.128. The van der Waals surface area contributed by atoms with Gasteiger partial charge in [0.15, 0.2) is 5.82 Å². The van der Waals surface area contributed by atoms with Crippen molar-refractivity contribution in [3.63, 3.8) is 0 Å². The largest absolute Gasteiger partial charge is 0.383 e. The molecule has 15 heavy (non-hydrogen) atoms. The van der Waals surface area contributed by atoms with Crippen molar-refractivity contribution in [2.24, 2.45) is 0 Å². The molecule has 0 aliphatic carbocycles. The van der Waals surface area contributed by atoms with Gasteiger partial charge in [-0.1, -0.05) is 13.3 Å². The van der Waals surface area contributed by atoms with E-state index in [1.54, 1.807) is 0 Å². The van der Waals surface area contributed by atoms with Crippen LogP contribution in [0.4, 0.5) is 5.82 Å². The molecular formula is C10H16IN3O. The van der Waals surface area contributed by atoms with E-state index in [4.69, 9.17) is 10.5 Å². The maximum atomic E-state index is 5.81. The van der Waals surface area contributed by atoms with Crippen LogP contribution in [0.25, 0.3) is 0 Å². The van der Waals surface area contributed by atoms with Crippen LogP contribution >= 0.6 is 22.6 Å². The minimum absolute atomic E-state index is 0.439. The monoisotopic (exact) mass is 321 g/mol. The molecule has 0 saturated heterocycles. The summed E-state index contributed by atoms with van der Waals surface area (Å²) in [6, 6.07) is 0. The van der Waals surface area contributed by atoms with Crippen molar-refractivity contribution in [1.29, 1.82) is 0 Å². The molecule has 0 amide bonds. The number of hydrogen-bond donors (Lipinski definition) is 1. The van der Waals surface area contributed by atoms with Crippen LogP contribution in [0, 0.1) is 3.57 Å². The number of nitrogen functional groups attached to an aromatic ring is 1. The van der Waals surface area contributed by atoms with Gasteiger partial charge in [0.1, 0.15) is 12.4 Å². The number of aromatic nitrogens is 2. The standard InChI is InChI=1S/C10H16IN3O/c1-3-5-7-9(11)10(12)14-8(13-7)6-15-4-2/h3-6H2,1-2H3,(H2,12,13,14). The van der Waals surface area contributed by atoms with Crippen molar-refractivity contribution in [2.45, 2.75) is 33.3 Å². The van der Waals surface area contributed by atoms with Gasteiger partial charge in [0.05, 0.1) is 9.26 Å². The Hall–Kier alpha value is -0.430. The molecule has 0 fully saturated rings. The summed E-state index contributed by atoms with van der Waals surface area (Å²) in [5.74, 6) is 1.24. The second kappa shape index (κ2) is 6.22. The normalized spacial score (nSPS) is 10.6. The SMILES string of the molecule is CCCc1nc(COCC)nc(N)c1I. The Morgan fingerprint density at radius 3 is 2.67 bits per heavy atom. The summed E-state index contributed by atoms with van der Waals surface area (Å²) in [6.45, 7) is 5.17. The Bertz CT molecular complexity index is 331. The van der Waals surface area contributed by atoms with Gasteiger partial charge < -0.3 is 10.5 Å². The number of nitrogens with two attached hydrogens (primary N) is 1. The molecule has 1 aromatic rings. The molecule has 4 nitrogen and oxygen atoms in total. The molecule has 1 heterocycles. The summed E-state index contributed by atoms with van der Waals surface area (Å²) in [7, 11) is 0. The molecule has 84 valence electrons. The maximum absolute atomic E-state index is 5.81. The third-order valence-corrected chi connectivity index (χ3v) is 3.09. The number of hydrogen-bond acceptors (Lipinski definition) is 4. The molecule has 0 radical (unpaired) electrons. The fourth-order valence-corrected chi connectivity index (χ4v) is 1.74. The second-order valence-corrected chi connectivity index (χ2v) is 4.25. The lowest BCUT2D eigenvalue weighted by Crippen LogP contribution is -2.08. The third-order valence-electron chi connectivity index (χ3n) is 1.91. The molecule has 2 N–H and O–H groups in total. The van der Waals surface area contributed by atoms with Gasteiger partial charge in [-0.05, 0) is 35.9 Å². The Morgan fingerprint density at radius 1 is 1.33 bits per heavy atom. The van der Waals surface area contributed by atoms with Crippen molar-refractivity contribution in [3.05, 3.63) is 15.1 Å². The molecular weight excluding hydrogens is 305 g/mol. The van der Waals surface area contributed by atoms with E-state index in [0.29, 0.717) is 24.9 Å². The van der Waals surface area contributed by atoms with Crippen LogP contribution < -0.4 is 5.73 Å². The van der Waals surface area contributed by atoms with Gasteiger partial charge in [0.2, 0.25) is 0 Å². The van der Waals surface area contributed by atoms with Gasteiger partial charge in [-0.2, -0.15) is 0 Å². The van der Waals surface area contributed by atoms with Gasteiger partial charge in [-0.15, -0.1) is 0 Å². The first-order chi connectivity index (χ1) is 7.19. The molecule has 0 saturated carbocycles. The van der Waals surface area contributed by atoms with Gasteiger partial charge in [0.25, 0.3) is 0 Å². The molecule has 0 aliphatic heterocycles. The molecule has 0 aliphatic rings. The molecule has 0 spiro atoms. The van der Waals surface area contributed by atoms with Crippen LogP contribution in [0.5, 0.6) is 0 Å². The van der Waals surface area contributed by atoms with Crippen LogP contribution in [-0.2, 0) is 17.8 Å². The number of halogens is 1. The fourth-order valence-electron chi connectivity index (χ4n) is 1.23. The summed E-state index contributed by atoms with van der Waals surface area (Å²) in [5, 5.41) is 0. The zero-order chi connectivity index (χ0) is 11.3. The minimum Gasteiger partial charge on any atom is -0.383 e. The summed E-state index contributed by atoms with van der Waals surface area (Å²) in [5.41, 5.74) is 6.84. The highest BCUT2D eigenvalue weighted by molar-refractivity contribution is 14.1. The van der Waals surface area contributed by atoms with Gasteiger partial charge in [-0.25, -0.2) is 9.97 Å². The highest BCUT2D eigenvalue weighted by Crippen LogP contribution is 2.17. The van der Waals surface area contributed by atoms with E-state index in [1.807, 2.05) is 6.92 Å². The maximum Gasteiger partial charge on any atom is 0.156 e. The highest BCUT2D eigenvalue weighted by atomic mass is 127. The molecule has 0 unspecified atom stereocenters. The number of anilines is 1. The first kappa shape index (κ1) is 12.6. The number of aryl methyl sites for hydroxylation is 1. The van der Waals surface area contributed by atoms with E-state index in [0.717, 1.165) is 22.1 Å². The average molecular weight is 321 g/mol. The Labute approximate surface area is 104 Å². The van der Waals surface area contributed by atoms with Crippen LogP contribution in [0.1, 0.15) is 31.8 Å². The van der Waals surface area contributed by atoms with Crippen molar-refractivity contribution < 1.29 is 4.74 Å². The zero-order valence-electron chi connectivity index (χ0n) is 9.09. The summed E-state index contributed by atoms with van der Waals surface area (Å²) >= 11 is 2.19. The number of rotatable bonds is 5. The predicted molar refractivity (Wildman–Crippen MR) is 68.5 cm³/mol. The van der Waals surface area contributed by atoms with Gasteiger partial charge in [0, 0.05) is 6.61 Å². The van der Waals surface area contributed by atoms with Crippen LogP contribution in [-0.4, -0.2) is 16.6 Å². The molecule has 0 bridgehead atoms. The second-order valence-electron chi connectivity index (χ2n) is 3.17. The molecule has 0 atom stereocenters. The fraction of sp³-hybridized carbons (Fsp3) is 0.600. The van der Waals surface area contributed by atoms with Crippen molar-refractivity contribution in [3.8, 4) is 0 Å². The molecule has 1 rings (SSSR count). The smallest absolute Gasteiger partial charge is 0.156 e. The first-order valence-corrected chi connectivity index (χ1v) is 6.15. The molecule has 5 heteroatoms. The topological polar surface area (TPSA) is 61.0 Å². The van der Waals surface area contributed by atoms with Crippen molar-refractivity contribution in [1.82, 2.24) is 9.97 Å². The number of ether oxygens (including phenoxy) is 1. The quantitative estimate of drug-likeness (QED) is 0.844. The van der Waals surface area contributed by atoms with E-state index in [9.17, 15) is 0 Å². The van der Waals surface area contributed by atoms with E-state index < -0.39 is 0 Å². The van der Waals surface area contributed by atoms with Crippen molar-refractivity contribution >= 4 is 28.4 Å². The molecule has 0 aromatic carbocycles. The molecule has 1 aromatic heterocycles. The average Bonchev–Trinajstić information content (AvgIpc) is 2.22. The van der Waals surface area contributed by atoms with Gasteiger partial charge in [-0.3, -0.25) is 0 Å². The summed E-state index contributed by atoms with van der Waals surface area (Å²) < 4.78 is 6.23. The lowest BCUT2D eigenvalue weighted by Gasteiger charge is -2.08. The third kappa shape index (κ3) is 3.57. The van der Waals surface area contributed by atoms with E-state index in [2.05, 4.69) is 39.5 Å².